The van der Waals surface area contributed by atoms with Crippen molar-refractivity contribution in [3.05, 3.63) is 74.0 Å². The highest BCUT2D eigenvalue weighted by Gasteiger charge is 2.50. The highest BCUT2D eigenvalue weighted by atomic mass is 19.4. The molecule has 0 aromatic carbocycles. The first-order valence-corrected chi connectivity index (χ1v) is 37.4. The lowest BCUT2D eigenvalue weighted by molar-refractivity contribution is -0.183. The number of carbonyl (C=O) groups excluding carboxylic acids is 12. The van der Waals surface area contributed by atoms with Crippen LogP contribution >= 0.6 is 0 Å². The maximum atomic E-state index is 14.3. The summed E-state index contributed by atoms with van der Waals surface area (Å²) in [5, 5.41) is 18.3. The molecule has 6 unspecified atom stereocenters. The number of rotatable bonds is 39. The number of carboxylic acid groups (broad SMARTS) is 2. The molecule has 0 saturated carbocycles. The van der Waals surface area contributed by atoms with Crippen molar-refractivity contribution in [2.75, 3.05) is 80.2 Å². The second-order valence-electron chi connectivity index (χ2n) is 30.9. The lowest BCUT2D eigenvalue weighted by Gasteiger charge is -2.40. The molecule has 2 aliphatic heterocycles. The van der Waals surface area contributed by atoms with Crippen molar-refractivity contribution in [1.29, 1.82) is 0 Å². The molecule has 113 heavy (non-hydrogen) atoms. The van der Waals surface area contributed by atoms with E-state index >= 15 is 0 Å². The van der Waals surface area contributed by atoms with Crippen LogP contribution in [0.1, 0.15) is 203 Å². The number of esters is 10. The van der Waals surface area contributed by atoms with Gasteiger partial charge in [-0.3, -0.25) is 38.4 Å². The zero-order valence-electron chi connectivity index (χ0n) is 71.3. The smallest absolute Gasteiger partial charge is 0.422 e. The molecule has 6 atom stereocenters. The Morgan fingerprint density at radius 3 is 1.25 bits per heavy atom. The van der Waals surface area contributed by atoms with Gasteiger partial charge in [-0.05, 0) is 142 Å². The minimum absolute atomic E-state index is 0.0118. The standard InChI is InChI=1S/C42H71NO13.C12H20O4.C8H14O2.C6H7F3O2.C6H9NO.C5H8O2.C3H4O2/c1-14-53-37(49)40(9,10)25-42(12,38(50)52-13)19-30(34(45)46)18-31(43-17-15-16-33(43)44)20-41(11,39(51)56-24-28(6)7)21-32(36(48)55-23-27(4)5)29(8)35(47)54-22-26(2)3;1-9(2)7-15-11(13)5-6-12(14)16-8-10(3)4;1-6(2)5-10-8(9)7(3)4;1-4(2)5(10)11-3-6(7,8)9;1-2-7-5-3-4-6(7)8;1-4(2)5(6)7-3;1-2-3(4)5/h26-32H,14-25H2,1-13H3,(H,45,46);5-6,9-10H,7-8H2,1-4H3;6H,3,5H2,1-2,4H3;1,3H2,2H3;2H,1,3-5H2;1H2,2-3H3;2H,1H2,(H,4,5)/b;6-5+;;;;;. The van der Waals surface area contributed by atoms with Crippen LogP contribution in [0.5, 0.6) is 0 Å². The number of methoxy groups -OCH3 is 2. The molecule has 0 spiro atoms. The van der Waals surface area contributed by atoms with Crippen molar-refractivity contribution in [3.8, 4) is 0 Å². The molecule has 0 aromatic rings. The zero-order chi connectivity index (χ0) is 89.1. The van der Waals surface area contributed by atoms with Gasteiger partial charge in [0.25, 0.3) is 0 Å². The second kappa shape index (κ2) is 58.6. The second-order valence-corrected chi connectivity index (χ2v) is 30.9. The van der Waals surface area contributed by atoms with E-state index < -0.39 is 113 Å². The number of hydrogen-bond acceptors (Lipinski definition) is 24. The lowest BCUT2D eigenvalue weighted by Crippen LogP contribution is -2.47. The summed E-state index contributed by atoms with van der Waals surface area (Å²) in [5.74, 6) is -10.7. The van der Waals surface area contributed by atoms with E-state index in [9.17, 15) is 85.4 Å². The Labute approximate surface area is 667 Å². The highest BCUT2D eigenvalue weighted by molar-refractivity contribution is 5.92. The summed E-state index contributed by atoms with van der Waals surface area (Å²) >= 11 is 0. The van der Waals surface area contributed by atoms with Gasteiger partial charge in [0, 0.05) is 66.9 Å². The number of alkyl halides is 3. The van der Waals surface area contributed by atoms with Crippen LogP contribution in [-0.2, 0) is 114 Å². The quantitative estimate of drug-likeness (QED) is 0.0328. The van der Waals surface area contributed by atoms with E-state index in [1.165, 1.54) is 21.1 Å². The molecular weight excluding hydrogens is 1490 g/mol. The van der Waals surface area contributed by atoms with Gasteiger partial charge in [-0.25, -0.2) is 28.8 Å². The van der Waals surface area contributed by atoms with Crippen LogP contribution in [0.4, 0.5) is 13.2 Å². The normalized spacial score (nSPS) is 14.4. The third-order valence-corrected chi connectivity index (χ3v) is 15.4. The number of halogens is 3. The molecule has 2 N–H and O–H groups in total. The van der Waals surface area contributed by atoms with Gasteiger partial charge in [-0.1, -0.05) is 123 Å². The minimum atomic E-state index is -4.47. The summed E-state index contributed by atoms with van der Waals surface area (Å²) in [6.45, 7) is 54.7. The molecule has 0 aliphatic carbocycles. The molecule has 0 bridgehead atoms. The molecule has 31 heteroatoms. The summed E-state index contributed by atoms with van der Waals surface area (Å²) in [6, 6.07) is -0.863. The molecule has 2 saturated heterocycles. The van der Waals surface area contributed by atoms with Gasteiger partial charge in [0.1, 0.15) is 0 Å². The van der Waals surface area contributed by atoms with Gasteiger partial charge in [0.15, 0.2) is 6.61 Å². The van der Waals surface area contributed by atoms with Crippen LogP contribution in [0, 0.1) is 69.5 Å². The summed E-state index contributed by atoms with van der Waals surface area (Å²) in [4.78, 5) is 171. The fraction of sp³-hybridized carbons (Fsp3) is 0.683. The van der Waals surface area contributed by atoms with Gasteiger partial charge >= 0.3 is 77.8 Å². The monoisotopic (exact) mass is 1620 g/mol. The number of amides is 2. The maximum Gasteiger partial charge on any atom is 0.422 e. The Kier molecular flexibility index (Phi) is 58.3. The molecule has 28 nitrogen and oxygen atoms in total. The van der Waals surface area contributed by atoms with E-state index in [0.717, 1.165) is 31.2 Å². The van der Waals surface area contributed by atoms with Gasteiger partial charge in [-0.2, -0.15) is 13.2 Å². The Morgan fingerprint density at radius 2 is 0.912 bits per heavy atom. The molecule has 2 aliphatic rings. The Hall–Kier alpha value is -9.19. The number of hydrogen-bond donors (Lipinski definition) is 2. The Balaban J connectivity index is -0.000000537. The SMILES string of the molecule is C=C(C)C(=O)OC.C=C(C)C(=O)OCC(C)C.C=C(C)C(=O)OCC(F)(F)F.C=CC(=O)O.C=CN1CCCC1=O.CC(C)COC(=O)/C=C/C(=O)OCC(C)C.CCOC(=O)C(C)(C)CC(C)(CC(CC(CC(C)(CC(C(=O)OCC(C)C)C(C)C(=O)OCC(C)C)C(=O)OCC(C)C)N1CCCC1=O)C(=O)O)C(=O)OC. The van der Waals surface area contributed by atoms with Crippen molar-refractivity contribution in [2.45, 2.75) is 215 Å². The predicted octanol–water partition coefficient (Wildman–Crippen LogP) is 13.4. The number of likely N-dealkylation sites (tertiary alicyclic amines) is 2. The van der Waals surface area contributed by atoms with Crippen LogP contribution in [0.25, 0.3) is 0 Å². The zero-order valence-corrected chi connectivity index (χ0v) is 71.3. The molecule has 2 rings (SSSR count). The molecule has 648 valence electrons. The first-order chi connectivity index (χ1) is 51.9. The van der Waals surface area contributed by atoms with Gasteiger partial charge < -0.3 is 67.4 Å². The van der Waals surface area contributed by atoms with Crippen molar-refractivity contribution >= 4 is 83.4 Å². The number of aliphatic carboxylic acids is 2. The predicted molar refractivity (Wildman–Crippen MR) is 417 cm³/mol. The lowest BCUT2D eigenvalue weighted by atomic mass is 9.68. The molecule has 0 radical (unpaired) electrons. The highest BCUT2D eigenvalue weighted by Crippen LogP contribution is 2.45. The summed E-state index contributed by atoms with van der Waals surface area (Å²) in [6.07, 6.45) is 1.70. The van der Waals surface area contributed by atoms with E-state index in [1.807, 2.05) is 83.1 Å². The number of carbonyl (C=O) groups is 14. The summed E-state index contributed by atoms with van der Waals surface area (Å²) in [5.41, 5.74) is -3.34. The van der Waals surface area contributed by atoms with E-state index in [-0.39, 0.29) is 124 Å². The molecule has 2 amide bonds. The fourth-order valence-corrected chi connectivity index (χ4v) is 9.81. The topological polar surface area (TPSA) is 378 Å². The van der Waals surface area contributed by atoms with Crippen LogP contribution < -0.4 is 0 Å². The minimum Gasteiger partial charge on any atom is -0.481 e. The van der Waals surface area contributed by atoms with Gasteiger partial charge in [0.05, 0.1) is 94.5 Å². The van der Waals surface area contributed by atoms with E-state index in [2.05, 4.69) is 42.4 Å². The Morgan fingerprint density at radius 1 is 0.504 bits per heavy atom. The van der Waals surface area contributed by atoms with Gasteiger partial charge in [0.2, 0.25) is 11.8 Å². The molecular formula is C82H133F3N2O26. The maximum absolute atomic E-state index is 14.3. The average Bonchev–Trinajstić information content (AvgIpc) is 1.73. The average molecular weight is 1620 g/mol. The van der Waals surface area contributed by atoms with Crippen molar-refractivity contribution in [3.63, 3.8) is 0 Å². The summed E-state index contributed by atoms with van der Waals surface area (Å²) < 4.78 is 84.1. The van der Waals surface area contributed by atoms with Crippen LogP contribution in [0.3, 0.4) is 0 Å². The molecule has 0 aromatic heterocycles. The molecule has 2 fully saturated rings. The first kappa shape index (κ1) is 112. The largest absolute Gasteiger partial charge is 0.481 e. The van der Waals surface area contributed by atoms with Crippen molar-refractivity contribution in [2.24, 2.45) is 69.5 Å². The number of carboxylic acids is 2. The first-order valence-electron chi connectivity index (χ1n) is 37.4. The van der Waals surface area contributed by atoms with Crippen LogP contribution in [0.2, 0.25) is 0 Å². The Bertz CT molecular complexity index is 3090. The number of nitrogens with zero attached hydrogens (tertiary/aromatic N) is 2. The van der Waals surface area contributed by atoms with Crippen LogP contribution in [0.15, 0.2) is 74.0 Å². The number of ether oxygens (including phenoxy) is 10. The van der Waals surface area contributed by atoms with E-state index in [4.69, 9.17) is 43.0 Å². The molecule has 2 heterocycles. The third kappa shape index (κ3) is 55.0. The fourth-order valence-electron chi connectivity index (χ4n) is 9.81. The van der Waals surface area contributed by atoms with E-state index in [0.29, 0.717) is 56.3 Å². The van der Waals surface area contributed by atoms with Crippen molar-refractivity contribution < 1.29 is 138 Å². The van der Waals surface area contributed by atoms with E-state index in [1.54, 1.807) is 71.4 Å². The summed E-state index contributed by atoms with van der Waals surface area (Å²) in [7, 11) is 2.52. The van der Waals surface area contributed by atoms with Gasteiger partial charge in [-0.15, -0.1) is 0 Å². The van der Waals surface area contributed by atoms with Crippen molar-refractivity contribution in [1.82, 2.24) is 9.80 Å². The van der Waals surface area contributed by atoms with Crippen LogP contribution in [-0.4, -0.2) is 196 Å². The third-order valence-electron chi connectivity index (χ3n) is 15.4.